The quantitative estimate of drug-likeness (QED) is 0.729. The van der Waals surface area contributed by atoms with Gasteiger partial charge in [0, 0.05) is 36.1 Å². The van der Waals surface area contributed by atoms with Gasteiger partial charge in [0.1, 0.15) is 11.9 Å². The molecule has 7 nitrogen and oxygen atoms in total. The predicted molar refractivity (Wildman–Crippen MR) is 98.0 cm³/mol. The summed E-state index contributed by atoms with van der Waals surface area (Å²) in [7, 11) is 0. The molecule has 0 saturated carbocycles. The molecule has 0 bridgehead atoms. The third-order valence-electron chi connectivity index (χ3n) is 4.48. The summed E-state index contributed by atoms with van der Waals surface area (Å²) in [5.74, 6) is 1.41. The lowest BCUT2D eigenvalue weighted by molar-refractivity contribution is -0.00235. The van der Waals surface area contributed by atoms with Crippen LogP contribution in [0.1, 0.15) is 31.7 Å². The first-order valence-electron chi connectivity index (χ1n) is 8.73. The Morgan fingerprint density at radius 1 is 1.38 bits per heavy atom. The summed E-state index contributed by atoms with van der Waals surface area (Å²) in [6, 6.07) is 7.76. The van der Waals surface area contributed by atoms with E-state index in [4.69, 9.17) is 20.9 Å². The van der Waals surface area contributed by atoms with E-state index in [-0.39, 0.29) is 12.1 Å². The predicted octanol–water partition coefficient (Wildman–Crippen LogP) is 3.94. The van der Waals surface area contributed by atoms with Gasteiger partial charge in [-0.15, -0.1) is 0 Å². The molecular formula is C18H20ClN5O2. The molecule has 136 valence electrons. The Kier molecular flexibility index (Phi) is 4.90. The maximum Gasteiger partial charge on any atom is 0.322 e. The van der Waals surface area contributed by atoms with Crippen molar-refractivity contribution >= 4 is 17.6 Å². The molecule has 1 N–H and O–H groups in total. The number of halogens is 1. The van der Waals surface area contributed by atoms with Gasteiger partial charge in [-0.3, -0.25) is 0 Å². The minimum Gasteiger partial charge on any atom is -0.368 e. The zero-order valence-corrected chi connectivity index (χ0v) is 15.2. The maximum atomic E-state index is 6.03. The van der Waals surface area contributed by atoms with Gasteiger partial charge in [-0.2, -0.15) is 4.98 Å². The van der Waals surface area contributed by atoms with Crippen molar-refractivity contribution in [3.63, 3.8) is 0 Å². The zero-order chi connectivity index (χ0) is 17.9. The number of anilines is 1. The fourth-order valence-corrected chi connectivity index (χ4v) is 3.40. The summed E-state index contributed by atoms with van der Waals surface area (Å²) in [6.07, 6.45) is 5.53. The number of aromatic nitrogens is 4. The van der Waals surface area contributed by atoms with Gasteiger partial charge in [-0.1, -0.05) is 28.9 Å². The molecule has 0 aliphatic carbocycles. The van der Waals surface area contributed by atoms with E-state index in [0.717, 1.165) is 37.4 Å². The van der Waals surface area contributed by atoms with Crippen molar-refractivity contribution in [2.45, 2.75) is 38.5 Å². The molecule has 0 unspecified atom stereocenters. The molecule has 8 heteroatoms. The summed E-state index contributed by atoms with van der Waals surface area (Å²) >= 11 is 6.03. The number of ether oxygens (including phenoxy) is 1. The average Bonchev–Trinajstić information content (AvgIpc) is 3.31. The topological polar surface area (TPSA) is 78.0 Å². The summed E-state index contributed by atoms with van der Waals surface area (Å²) in [4.78, 5) is 8.93. The lowest BCUT2D eigenvalue weighted by Crippen LogP contribution is -2.35. The fourth-order valence-electron chi connectivity index (χ4n) is 3.21. The molecule has 1 aliphatic rings. The van der Waals surface area contributed by atoms with Crippen LogP contribution in [0.5, 0.6) is 0 Å². The third kappa shape index (κ3) is 3.45. The van der Waals surface area contributed by atoms with Crippen LogP contribution >= 0.6 is 11.6 Å². The van der Waals surface area contributed by atoms with Crippen molar-refractivity contribution in [3.05, 3.63) is 47.5 Å². The Balaban J connectivity index is 1.54. The number of hydrogen-bond donors (Lipinski definition) is 1. The first-order chi connectivity index (χ1) is 12.7. The van der Waals surface area contributed by atoms with Crippen LogP contribution in [0.4, 0.5) is 6.01 Å². The van der Waals surface area contributed by atoms with Crippen molar-refractivity contribution < 1.29 is 9.26 Å². The second kappa shape index (κ2) is 7.47. The van der Waals surface area contributed by atoms with Crippen molar-refractivity contribution in [1.82, 2.24) is 19.7 Å². The highest BCUT2D eigenvalue weighted by molar-refractivity contribution is 6.30. The number of benzene rings is 1. The van der Waals surface area contributed by atoms with Crippen LogP contribution in [0.15, 0.2) is 41.2 Å². The maximum absolute atomic E-state index is 6.03. The first kappa shape index (κ1) is 17.1. The highest BCUT2D eigenvalue weighted by Crippen LogP contribution is 2.30. The Morgan fingerprint density at radius 2 is 2.31 bits per heavy atom. The fraction of sp³-hybridized carbons (Fsp3) is 0.389. The Labute approximate surface area is 156 Å². The monoisotopic (exact) mass is 373 g/mol. The van der Waals surface area contributed by atoms with Gasteiger partial charge in [0.15, 0.2) is 0 Å². The van der Waals surface area contributed by atoms with Crippen molar-refractivity contribution in [2.75, 3.05) is 11.9 Å². The minimum absolute atomic E-state index is 0.0177. The van der Waals surface area contributed by atoms with Crippen LogP contribution in [0, 0.1) is 0 Å². The second-order valence-corrected chi connectivity index (χ2v) is 6.63. The smallest absolute Gasteiger partial charge is 0.322 e. The summed E-state index contributed by atoms with van der Waals surface area (Å²) < 4.78 is 13.5. The van der Waals surface area contributed by atoms with E-state index in [1.165, 1.54) is 0 Å². The molecule has 26 heavy (non-hydrogen) atoms. The second-order valence-electron chi connectivity index (χ2n) is 6.19. The van der Waals surface area contributed by atoms with Gasteiger partial charge < -0.3 is 19.1 Å². The minimum atomic E-state index is -0.153. The van der Waals surface area contributed by atoms with Crippen molar-refractivity contribution in [1.29, 1.82) is 0 Å². The lowest BCUT2D eigenvalue weighted by Gasteiger charge is -2.31. The van der Waals surface area contributed by atoms with Gasteiger partial charge in [0.25, 0.3) is 0 Å². The molecule has 1 aliphatic heterocycles. The van der Waals surface area contributed by atoms with E-state index >= 15 is 0 Å². The van der Waals surface area contributed by atoms with Gasteiger partial charge in [-0.05, 0) is 31.9 Å². The number of aryl methyl sites for hydroxylation is 1. The van der Waals surface area contributed by atoms with Gasteiger partial charge in [-0.25, -0.2) is 4.98 Å². The van der Waals surface area contributed by atoms with Crippen molar-refractivity contribution in [2.24, 2.45) is 0 Å². The number of nitrogens with one attached hydrogen (secondary N) is 1. The number of nitrogens with zero attached hydrogens (tertiary/aromatic N) is 4. The standard InChI is InChI=1S/C18H20ClN5O2/c1-2-24-9-8-20-17(24)15-14(7-4-10-25-15)21-18-22-16(23-26-18)12-5-3-6-13(19)11-12/h3,5-6,8-9,11,14-15H,2,4,7,10H2,1H3,(H,21,22,23)/t14-,15-/m0/s1. The Bertz CT molecular complexity index is 878. The Hall–Kier alpha value is -2.38. The van der Waals surface area contributed by atoms with Crippen LogP contribution in [-0.4, -0.2) is 32.3 Å². The molecule has 2 aromatic heterocycles. The lowest BCUT2D eigenvalue weighted by atomic mass is 10.0. The molecule has 1 aromatic carbocycles. The highest BCUT2D eigenvalue weighted by atomic mass is 35.5. The van der Waals surface area contributed by atoms with Crippen LogP contribution in [0.25, 0.3) is 11.4 Å². The molecule has 2 atom stereocenters. The van der Waals surface area contributed by atoms with Crippen molar-refractivity contribution in [3.8, 4) is 11.4 Å². The van der Waals surface area contributed by atoms with E-state index in [9.17, 15) is 0 Å². The van der Waals surface area contributed by atoms with E-state index in [1.807, 2.05) is 24.4 Å². The molecule has 4 rings (SSSR count). The molecule has 0 radical (unpaired) electrons. The average molecular weight is 374 g/mol. The van der Waals surface area contributed by atoms with Crippen LogP contribution in [0.2, 0.25) is 5.02 Å². The van der Waals surface area contributed by atoms with Gasteiger partial charge >= 0.3 is 6.01 Å². The molecule has 3 heterocycles. The van der Waals surface area contributed by atoms with Crippen LogP contribution < -0.4 is 5.32 Å². The summed E-state index contributed by atoms with van der Waals surface area (Å²) in [6.45, 7) is 3.66. The van der Waals surface area contributed by atoms with E-state index in [2.05, 4.69) is 31.9 Å². The van der Waals surface area contributed by atoms with E-state index in [0.29, 0.717) is 16.9 Å². The number of rotatable bonds is 5. The molecular weight excluding hydrogens is 354 g/mol. The molecule has 0 spiro atoms. The first-order valence-corrected chi connectivity index (χ1v) is 9.11. The Morgan fingerprint density at radius 3 is 3.15 bits per heavy atom. The van der Waals surface area contributed by atoms with Gasteiger partial charge in [0.2, 0.25) is 5.82 Å². The largest absolute Gasteiger partial charge is 0.368 e. The SMILES string of the molecule is CCn1ccnc1[C@H]1OCCC[C@@H]1Nc1nc(-c2cccc(Cl)c2)no1. The highest BCUT2D eigenvalue weighted by Gasteiger charge is 2.31. The summed E-state index contributed by atoms with van der Waals surface area (Å²) in [5, 5.41) is 8.00. The number of imidazole rings is 1. The molecule has 1 saturated heterocycles. The zero-order valence-electron chi connectivity index (χ0n) is 14.4. The van der Waals surface area contributed by atoms with Crippen LogP contribution in [-0.2, 0) is 11.3 Å². The number of hydrogen-bond acceptors (Lipinski definition) is 6. The van der Waals surface area contributed by atoms with Crippen LogP contribution in [0.3, 0.4) is 0 Å². The third-order valence-corrected chi connectivity index (χ3v) is 4.72. The normalized spacial score (nSPS) is 20.2. The molecule has 3 aromatic rings. The van der Waals surface area contributed by atoms with E-state index < -0.39 is 0 Å². The van der Waals surface area contributed by atoms with E-state index in [1.54, 1.807) is 12.3 Å². The summed E-state index contributed by atoms with van der Waals surface area (Å²) in [5.41, 5.74) is 0.812. The molecule has 1 fully saturated rings. The molecule has 0 amide bonds. The van der Waals surface area contributed by atoms with Gasteiger partial charge in [0.05, 0.1) is 6.04 Å².